The van der Waals surface area contributed by atoms with Gasteiger partial charge in [0, 0.05) is 17.0 Å². The SMILES string of the molecule is C[C@H](NC(=O)c1c(Cc2ccc(Cl)cc2)[nH][n+](C)c1C(F)F)c1ccc(C(=O)O)cc1F. The molecule has 1 aromatic heterocycles. The standard InChI is InChI=1S/C22H19ClF3N3O3/c1-11(15-8-5-13(22(31)32)10-16(15)24)27-21(30)18-17(28-29(2)19(18)20(25)26)9-12-3-6-14(23)7-4-12/h3-8,10-11,20H,9H2,1-2H3,(H2,27,30,31,32)/p+1/t11-/m0/s1. The molecule has 0 bridgehead atoms. The van der Waals surface area contributed by atoms with Gasteiger partial charge in [-0.3, -0.25) is 4.79 Å². The van der Waals surface area contributed by atoms with Crippen molar-refractivity contribution in [1.29, 1.82) is 0 Å². The number of aromatic amines is 1. The Morgan fingerprint density at radius 1 is 1.19 bits per heavy atom. The molecule has 0 saturated heterocycles. The Labute approximate surface area is 186 Å². The third kappa shape index (κ3) is 4.94. The summed E-state index contributed by atoms with van der Waals surface area (Å²) < 4.78 is 42.9. The largest absolute Gasteiger partial charge is 0.478 e. The fourth-order valence-corrected chi connectivity index (χ4v) is 3.57. The van der Waals surface area contributed by atoms with Gasteiger partial charge in [-0.2, -0.15) is 13.9 Å². The van der Waals surface area contributed by atoms with Crippen molar-refractivity contribution in [2.45, 2.75) is 25.8 Å². The number of H-pyrrole nitrogens is 1. The number of hydrogen-bond acceptors (Lipinski definition) is 2. The van der Waals surface area contributed by atoms with Crippen LogP contribution >= 0.6 is 11.6 Å². The van der Waals surface area contributed by atoms with Gasteiger partial charge < -0.3 is 10.4 Å². The van der Waals surface area contributed by atoms with Crippen LogP contribution in [0.15, 0.2) is 42.5 Å². The number of aryl methyl sites for hydroxylation is 1. The van der Waals surface area contributed by atoms with Crippen LogP contribution in [0.25, 0.3) is 0 Å². The number of halogens is 4. The van der Waals surface area contributed by atoms with E-state index in [2.05, 4.69) is 10.4 Å². The molecule has 1 atom stereocenters. The lowest BCUT2D eigenvalue weighted by Crippen LogP contribution is -2.36. The first-order chi connectivity index (χ1) is 15.1. The number of amides is 1. The second kappa shape index (κ2) is 9.44. The molecule has 0 saturated carbocycles. The van der Waals surface area contributed by atoms with Crippen molar-refractivity contribution in [3.05, 3.63) is 86.9 Å². The second-order valence-corrected chi connectivity index (χ2v) is 7.69. The van der Waals surface area contributed by atoms with E-state index in [0.717, 1.165) is 16.3 Å². The molecule has 168 valence electrons. The highest BCUT2D eigenvalue weighted by Gasteiger charge is 2.35. The molecule has 3 rings (SSSR count). The Balaban J connectivity index is 1.92. The maximum atomic E-state index is 14.4. The summed E-state index contributed by atoms with van der Waals surface area (Å²) in [5.41, 5.74) is 0.0620. The highest BCUT2D eigenvalue weighted by atomic mass is 35.5. The zero-order valence-corrected chi connectivity index (χ0v) is 17.9. The number of benzene rings is 2. The van der Waals surface area contributed by atoms with Crippen molar-refractivity contribution >= 4 is 23.5 Å². The lowest BCUT2D eigenvalue weighted by atomic mass is 10.0. The highest BCUT2D eigenvalue weighted by molar-refractivity contribution is 6.30. The summed E-state index contributed by atoms with van der Waals surface area (Å²) in [5.74, 6) is -2.93. The molecule has 1 amide bonds. The summed E-state index contributed by atoms with van der Waals surface area (Å²) in [4.78, 5) is 24.0. The van der Waals surface area contributed by atoms with Gasteiger partial charge >= 0.3 is 12.4 Å². The predicted molar refractivity (Wildman–Crippen MR) is 110 cm³/mol. The van der Waals surface area contributed by atoms with Gasteiger partial charge in [-0.25, -0.2) is 9.18 Å². The Kier molecular flexibility index (Phi) is 6.88. The number of aromatic carboxylic acids is 1. The van der Waals surface area contributed by atoms with Gasteiger partial charge in [0.1, 0.15) is 11.4 Å². The molecule has 0 fully saturated rings. The van der Waals surface area contributed by atoms with Gasteiger partial charge in [0.25, 0.3) is 11.6 Å². The van der Waals surface area contributed by atoms with Crippen molar-refractivity contribution in [2.24, 2.45) is 7.05 Å². The first-order valence-electron chi connectivity index (χ1n) is 9.55. The van der Waals surface area contributed by atoms with E-state index in [1.807, 2.05) is 0 Å². The Hall–Kier alpha value is -3.33. The van der Waals surface area contributed by atoms with Crippen molar-refractivity contribution in [3.63, 3.8) is 0 Å². The van der Waals surface area contributed by atoms with Crippen LogP contribution in [0.3, 0.4) is 0 Å². The van der Waals surface area contributed by atoms with Crippen LogP contribution in [0, 0.1) is 5.82 Å². The number of hydrogen-bond donors (Lipinski definition) is 3. The Morgan fingerprint density at radius 3 is 2.41 bits per heavy atom. The molecule has 0 aliphatic carbocycles. The molecule has 3 aromatic rings. The fraction of sp³-hybridized carbons (Fsp3) is 0.227. The first-order valence-corrected chi connectivity index (χ1v) is 9.93. The molecular formula is C22H20ClF3N3O3+. The highest BCUT2D eigenvalue weighted by Crippen LogP contribution is 2.25. The average molecular weight is 467 g/mol. The molecule has 0 aliphatic rings. The number of alkyl halides is 2. The molecule has 0 aliphatic heterocycles. The fourth-order valence-electron chi connectivity index (χ4n) is 3.44. The number of nitrogens with zero attached hydrogens (tertiary/aromatic N) is 1. The molecule has 6 nitrogen and oxygen atoms in total. The summed E-state index contributed by atoms with van der Waals surface area (Å²) in [7, 11) is 1.37. The average Bonchev–Trinajstić information content (AvgIpc) is 3.05. The number of carboxylic acids is 1. The van der Waals surface area contributed by atoms with E-state index in [1.54, 1.807) is 24.3 Å². The summed E-state index contributed by atoms with van der Waals surface area (Å²) in [6.07, 6.45) is -2.77. The molecule has 0 spiro atoms. The molecule has 1 heterocycles. The topological polar surface area (TPSA) is 86.1 Å². The molecule has 3 N–H and O–H groups in total. The number of carbonyl (C=O) groups excluding carboxylic acids is 1. The molecular weight excluding hydrogens is 447 g/mol. The summed E-state index contributed by atoms with van der Waals surface area (Å²) in [6, 6.07) is 9.12. The Morgan fingerprint density at radius 2 is 1.84 bits per heavy atom. The molecule has 32 heavy (non-hydrogen) atoms. The van der Waals surface area contributed by atoms with Gasteiger partial charge in [-0.15, -0.1) is 4.68 Å². The van der Waals surface area contributed by atoms with Gasteiger partial charge in [-0.1, -0.05) is 29.8 Å². The van der Waals surface area contributed by atoms with Crippen LogP contribution in [0.4, 0.5) is 13.2 Å². The third-order valence-electron chi connectivity index (χ3n) is 5.01. The maximum absolute atomic E-state index is 14.4. The predicted octanol–water partition coefficient (Wildman–Crippen LogP) is 4.35. The summed E-state index contributed by atoms with van der Waals surface area (Å²) >= 11 is 5.88. The minimum Gasteiger partial charge on any atom is -0.478 e. The van der Waals surface area contributed by atoms with E-state index in [4.69, 9.17) is 16.7 Å². The van der Waals surface area contributed by atoms with Gasteiger partial charge in [0.2, 0.25) is 0 Å². The van der Waals surface area contributed by atoms with Gasteiger partial charge in [0.05, 0.1) is 17.3 Å². The minimum atomic E-state index is -2.93. The van der Waals surface area contributed by atoms with Crippen LogP contribution in [0.2, 0.25) is 5.02 Å². The van der Waals surface area contributed by atoms with E-state index in [0.29, 0.717) is 5.02 Å². The smallest absolute Gasteiger partial charge is 0.335 e. The molecule has 10 heteroatoms. The van der Waals surface area contributed by atoms with Crippen molar-refractivity contribution in [3.8, 4) is 0 Å². The summed E-state index contributed by atoms with van der Waals surface area (Å²) in [6.45, 7) is 1.48. The van der Waals surface area contributed by atoms with Crippen molar-refractivity contribution < 1.29 is 32.5 Å². The van der Waals surface area contributed by atoms with E-state index in [1.165, 1.54) is 26.1 Å². The van der Waals surface area contributed by atoms with Crippen molar-refractivity contribution in [2.75, 3.05) is 0 Å². The van der Waals surface area contributed by atoms with E-state index >= 15 is 0 Å². The van der Waals surface area contributed by atoms with Crippen LogP contribution in [-0.4, -0.2) is 22.1 Å². The van der Waals surface area contributed by atoms with E-state index in [-0.39, 0.29) is 28.8 Å². The molecule has 2 aromatic carbocycles. The number of nitrogens with one attached hydrogen (secondary N) is 2. The lowest BCUT2D eigenvalue weighted by Gasteiger charge is -2.15. The van der Waals surface area contributed by atoms with Gasteiger partial charge in [-0.05, 0) is 36.8 Å². The summed E-state index contributed by atoms with van der Waals surface area (Å²) in [5, 5.41) is 14.8. The minimum absolute atomic E-state index is 0.0288. The number of carbonyl (C=O) groups is 2. The molecule has 0 unspecified atom stereocenters. The van der Waals surface area contributed by atoms with Crippen LogP contribution < -0.4 is 10.00 Å². The number of carboxylic acid groups (broad SMARTS) is 1. The number of rotatable bonds is 7. The monoisotopic (exact) mass is 466 g/mol. The first kappa shape index (κ1) is 23.3. The second-order valence-electron chi connectivity index (χ2n) is 7.25. The van der Waals surface area contributed by atoms with E-state index < -0.39 is 35.9 Å². The van der Waals surface area contributed by atoms with Crippen molar-refractivity contribution in [1.82, 2.24) is 10.4 Å². The lowest BCUT2D eigenvalue weighted by molar-refractivity contribution is -0.737. The van der Waals surface area contributed by atoms with Crippen LogP contribution in [-0.2, 0) is 13.5 Å². The maximum Gasteiger partial charge on any atom is 0.335 e. The van der Waals surface area contributed by atoms with Crippen LogP contribution in [0.1, 0.15) is 62.6 Å². The normalized spacial score (nSPS) is 12.1. The zero-order chi connectivity index (χ0) is 23.6. The van der Waals surface area contributed by atoms with E-state index in [9.17, 15) is 22.8 Å². The molecule has 0 radical (unpaired) electrons. The van der Waals surface area contributed by atoms with Gasteiger partial charge in [0.15, 0.2) is 7.05 Å². The Bertz CT molecular complexity index is 1160. The quantitative estimate of drug-likeness (QED) is 0.452. The van der Waals surface area contributed by atoms with Crippen LogP contribution in [0.5, 0.6) is 0 Å². The number of aromatic nitrogens is 2. The third-order valence-corrected chi connectivity index (χ3v) is 5.26. The zero-order valence-electron chi connectivity index (χ0n) is 17.1.